The first-order valence-corrected chi connectivity index (χ1v) is 6.25. The summed E-state index contributed by atoms with van der Waals surface area (Å²) in [4.78, 5) is 12.6. The topological polar surface area (TPSA) is 55.1 Å². The molecule has 0 radical (unpaired) electrons. The van der Waals surface area contributed by atoms with Gasteiger partial charge in [-0.1, -0.05) is 17.7 Å². The molecule has 0 saturated carbocycles. The van der Waals surface area contributed by atoms with Crippen molar-refractivity contribution in [3.05, 3.63) is 53.3 Å². The summed E-state index contributed by atoms with van der Waals surface area (Å²) in [5.74, 6) is 0.640. The second-order valence-corrected chi connectivity index (χ2v) is 4.60. The second-order valence-electron chi connectivity index (χ2n) is 4.21. The minimum absolute atomic E-state index is 0.371. The lowest BCUT2D eigenvalue weighted by Crippen LogP contribution is -2.02. The fourth-order valence-electron chi connectivity index (χ4n) is 1.89. The van der Waals surface area contributed by atoms with Crippen LogP contribution in [0.4, 0.5) is 5.82 Å². The molecular weight excluding hydrogens is 262 g/mol. The first kappa shape index (κ1) is 11.9. The summed E-state index contributed by atoms with van der Waals surface area (Å²) in [6.07, 6.45) is 5.14. The molecule has 1 N–H and O–H groups in total. The Hall–Kier alpha value is -2.14. The summed E-state index contributed by atoms with van der Waals surface area (Å²) < 4.78 is 2.06. The highest BCUT2D eigenvalue weighted by molar-refractivity contribution is 6.29. The number of imidazole rings is 1. The third-order valence-corrected chi connectivity index (χ3v) is 2.98. The van der Waals surface area contributed by atoms with E-state index in [4.69, 9.17) is 11.6 Å². The SMILES string of the molecule is Cc1cccc2nc(CNc3cncc(Cl)n3)cn12. The Bertz CT molecular complexity index is 722. The summed E-state index contributed by atoms with van der Waals surface area (Å²) in [6.45, 7) is 2.63. The molecule has 5 nitrogen and oxygen atoms in total. The van der Waals surface area contributed by atoms with Crippen molar-refractivity contribution < 1.29 is 0 Å². The van der Waals surface area contributed by atoms with Gasteiger partial charge in [-0.2, -0.15) is 0 Å². The first-order valence-electron chi connectivity index (χ1n) is 5.87. The molecule has 0 fully saturated rings. The molecule has 3 aromatic heterocycles. The maximum atomic E-state index is 5.78. The van der Waals surface area contributed by atoms with E-state index in [2.05, 4.69) is 24.7 Å². The van der Waals surface area contributed by atoms with E-state index in [0.29, 0.717) is 17.5 Å². The van der Waals surface area contributed by atoms with Crippen LogP contribution in [0.25, 0.3) is 5.65 Å². The molecule has 0 atom stereocenters. The summed E-state index contributed by atoms with van der Waals surface area (Å²) in [7, 11) is 0. The number of halogens is 1. The quantitative estimate of drug-likeness (QED) is 0.797. The van der Waals surface area contributed by atoms with Crippen molar-refractivity contribution >= 4 is 23.1 Å². The smallest absolute Gasteiger partial charge is 0.149 e. The molecule has 0 amide bonds. The lowest BCUT2D eigenvalue weighted by atomic mass is 10.4. The number of fused-ring (bicyclic) bond motifs is 1. The molecule has 0 bridgehead atoms. The van der Waals surface area contributed by atoms with E-state index in [0.717, 1.165) is 17.0 Å². The number of rotatable bonds is 3. The van der Waals surface area contributed by atoms with E-state index in [1.807, 2.05) is 31.3 Å². The summed E-state index contributed by atoms with van der Waals surface area (Å²) in [5, 5.41) is 3.52. The molecule has 3 aromatic rings. The van der Waals surface area contributed by atoms with E-state index >= 15 is 0 Å². The van der Waals surface area contributed by atoms with Crippen molar-refractivity contribution in [3.63, 3.8) is 0 Å². The summed E-state index contributed by atoms with van der Waals surface area (Å²) in [6, 6.07) is 6.03. The molecule has 3 heterocycles. The number of pyridine rings is 1. The molecule has 0 spiro atoms. The molecule has 0 unspecified atom stereocenters. The fraction of sp³-hybridized carbons (Fsp3) is 0.154. The molecule has 19 heavy (non-hydrogen) atoms. The number of aromatic nitrogens is 4. The predicted octanol–water partition coefficient (Wildman–Crippen LogP) is 2.70. The predicted molar refractivity (Wildman–Crippen MR) is 74.3 cm³/mol. The molecule has 0 aromatic carbocycles. The van der Waals surface area contributed by atoms with Gasteiger partial charge in [-0.15, -0.1) is 0 Å². The number of anilines is 1. The van der Waals surface area contributed by atoms with E-state index < -0.39 is 0 Å². The van der Waals surface area contributed by atoms with Crippen molar-refractivity contribution in [2.45, 2.75) is 13.5 Å². The monoisotopic (exact) mass is 273 g/mol. The zero-order chi connectivity index (χ0) is 13.2. The highest BCUT2D eigenvalue weighted by Crippen LogP contribution is 2.11. The van der Waals surface area contributed by atoms with Crippen molar-refractivity contribution in [1.29, 1.82) is 0 Å². The number of hydrogen-bond acceptors (Lipinski definition) is 4. The third kappa shape index (κ3) is 2.51. The van der Waals surface area contributed by atoms with Crippen molar-refractivity contribution in [3.8, 4) is 0 Å². The minimum Gasteiger partial charge on any atom is -0.363 e. The van der Waals surface area contributed by atoms with Crippen molar-refractivity contribution in [2.75, 3.05) is 5.32 Å². The molecule has 96 valence electrons. The summed E-state index contributed by atoms with van der Waals surface area (Å²) >= 11 is 5.78. The number of aryl methyl sites for hydroxylation is 1. The van der Waals surface area contributed by atoms with Gasteiger partial charge in [0, 0.05) is 11.9 Å². The van der Waals surface area contributed by atoms with Crippen LogP contribution < -0.4 is 5.32 Å². The van der Waals surface area contributed by atoms with E-state index in [9.17, 15) is 0 Å². The van der Waals surface area contributed by atoms with Gasteiger partial charge >= 0.3 is 0 Å². The van der Waals surface area contributed by atoms with Crippen LogP contribution in [0, 0.1) is 6.92 Å². The maximum Gasteiger partial charge on any atom is 0.149 e. The van der Waals surface area contributed by atoms with E-state index in [-0.39, 0.29) is 0 Å². The zero-order valence-electron chi connectivity index (χ0n) is 10.3. The van der Waals surface area contributed by atoms with Crippen LogP contribution in [0.2, 0.25) is 5.15 Å². The van der Waals surface area contributed by atoms with Gasteiger partial charge in [-0.05, 0) is 19.1 Å². The van der Waals surface area contributed by atoms with Crippen molar-refractivity contribution in [1.82, 2.24) is 19.4 Å². The third-order valence-electron chi connectivity index (χ3n) is 2.80. The lowest BCUT2D eigenvalue weighted by molar-refractivity contribution is 1.04. The summed E-state index contributed by atoms with van der Waals surface area (Å²) in [5.41, 5.74) is 3.03. The molecule has 0 aliphatic carbocycles. The van der Waals surface area contributed by atoms with Crippen LogP contribution in [0.1, 0.15) is 11.4 Å². The highest BCUT2D eigenvalue weighted by atomic mass is 35.5. The van der Waals surface area contributed by atoms with Crippen LogP contribution in [0.3, 0.4) is 0 Å². The van der Waals surface area contributed by atoms with E-state index in [1.165, 1.54) is 6.20 Å². The van der Waals surface area contributed by atoms with Gasteiger partial charge < -0.3 is 9.72 Å². The fourth-order valence-corrected chi connectivity index (χ4v) is 2.04. The average molecular weight is 274 g/mol. The second kappa shape index (κ2) is 4.85. The Morgan fingerprint density at radius 3 is 2.95 bits per heavy atom. The van der Waals surface area contributed by atoms with Crippen LogP contribution in [-0.2, 0) is 6.54 Å². The van der Waals surface area contributed by atoms with Gasteiger partial charge in [0.15, 0.2) is 0 Å². The molecule has 0 aliphatic rings. The Kier molecular flexibility index (Phi) is 3.05. The van der Waals surface area contributed by atoms with Crippen LogP contribution >= 0.6 is 11.6 Å². The van der Waals surface area contributed by atoms with Gasteiger partial charge in [0.25, 0.3) is 0 Å². The highest BCUT2D eigenvalue weighted by Gasteiger charge is 2.03. The minimum atomic E-state index is 0.371. The number of nitrogens with zero attached hydrogens (tertiary/aromatic N) is 4. The molecular formula is C13H12ClN5. The van der Waals surface area contributed by atoms with Crippen molar-refractivity contribution in [2.24, 2.45) is 0 Å². The largest absolute Gasteiger partial charge is 0.363 e. The standard InChI is InChI=1S/C13H12ClN5/c1-9-3-2-4-13-17-10(8-19(9)13)5-16-12-7-15-6-11(14)18-12/h2-4,6-8H,5H2,1H3,(H,16,18). The van der Waals surface area contributed by atoms with Gasteiger partial charge in [0.2, 0.25) is 0 Å². The Morgan fingerprint density at radius 1 is 1.26 bits per heavy atom. The van der Waals surface area contributed by atoms with Gasteiger partial charge in [-0.25, -0.2) is 9.97 Å². The van der Waals surface area contributed by atoms with Gasteiger partial charge in [0.1, 0.15) is 16.6 Å². The Labute approximate surface area is 115 Å². The molecule has 3 rings (SSSR count). The van der Waals surface area contributed by atoms with Crippen LogP contribution in [-0.4, -0.2) is 19.4 Å². The average Bonchev–Trinajstić information content (AvgIpc) is 2.81. The Balaban J connectivity index is 1.80. The zero-order valence-corrected chi connectivity index (χ0v) is 11.1. The molecule has 0 saturated heterocycles. The van der Waals surface area contributed by atoms with E-state index in [1.54, 1.807) is 6.20 Å². The molecule has 6 heteroatoms. The van der Waals surface area contributed by atoms with Gasteiger partial charge in [-0.3, -0.25) is 4.98 Å². The van der Waals surface area contributed by atoms with Crippen LogP contribution in [0.5, 0.6) is 0 Å². The normalized spacial score (nSPS) is 10.8. The van der Waals surface area contributed by atoms with Gasteiger partial charge in [0.05, 0.1) is 24.6 Å². The van der Waals surface area contributed by atoms with Crippen LogP contribution in [0.15, 0.2) is 36.8 Å². The molecule has 0 aliphatic heterocycles. The number of hydrogen-bond donors (Lipinski definition) is 1. The first-order chi connectivity index (χ1) is 9.22. The Morgan fingerprint density at radius 2 is 2.16 bits per heavy atom. The number of nitrogens with one attached hydrogen (secondary N) is 1. The lowest BCUT2D eigenvalue weighted by Gasteiger charge is -2.02. The maximum absolute atomic E-state index is 5.78.